The van der Waals surface area contributed by atoms with Crippen LogP contribution >= 0.6 is 15.2 Å². The van der Waals surface area contributed by atoms with E-state index in [0.29, 0.717) is 35.1 Å². The van der Waals surface area contributed by atoms with E-state index >= 15 is 9.13 Å². The van der Waals surface area contributed by atoms with Gasteiger partial charge in [-0.1, -0.05) is 141 Å². The second-order valence-corrected chi connectivity index (χ2v) is 15.1. The lowest BCUT2D eigenvalue weighted by molar-refractivity contribution is 0.0629. The second-order valence-electron chi connectivity index (χ2n) is 10.3. The molecule has 4 rings (SSSR count). The minimum atomic E-state index is -4.63. The molecule has 43 heavy (non-hydrogen) atoms. The molecule has 228 valence electrons. The monoisotopic (exact) mass is 622 g/mol. The molecule has 0 bridgehead atoms. The summed E-state index contributed by atoms with van der Waals surface area (Å²) in [5, 5.41) is 9.97. The van der Waals surface area contributed by atoms with E-state index in [0.717, 1.165) is 6.42 Å². The molecule has 4 aromatic carbocycles. The smallest absolute Gasteiger partial charge is 0.368 e. The zero-order valence-electron chi connectivity index (χ0n) is 24.5. The molecule has 4 aromatic rings. The first-order valence-electron chi connectivity index (χ1n) is 14.5. The van der Waals surface area contributed by atoms with Gasteiger partial charge in [0.25, 0.3) is 5.08 Å². The average molecular weight is 623 g/mol. The third-order valence-corrected chi connectivity index (χ3v) is 12.5. The van der Waals surface area contributed by atoms with Crippen molar-refractivity contribution in [1.82, 2.24) is 0 Å². The molecule has 0 aromatic heterocycles. The molecule has 0 radical (unpaired) electrons. The normalized spacial score (nSPS) is 12.3. The van der Waals surface area contributed by atoms with E-state index in [-0.39, 0.29) is 32.8 Å². The van der Waals surface area contributed by atoms with E-state index in [1.807, 2.05) is 128 Å². The number of benzene rings is 4. The number of hydrogen-bond donors (Lipinski definition) is 1. The molecule has 0 saturated heterocycles. The molecule has 0 saturated carbocycles. The van der Waals surface area contributed by atoms with Gasteiger partial charge in [0.15, 0.2) is 0 Å². The van der Waals surface area contributed by atoms with Gasteiger partial charge < -0.3 is 23.2 Å². The third-order valence-electron chi connectivity index (χ3n) is 6.97. The minimum Gasteiger partial charge on any atom is -0.368 e. The Morgan fingerprint density at radius 1 is 0.512 bits per heavy atom. The van der Waals surface area contributed by atoms with Gasteiger partial charge in [-0.2, -0.15) is 0 Å². The molecule has 0 spiro atoms. The second kappa shape index (κ2) is 16.3. The van der Waals surface area contributed by atoms with Crippen molar-refractivity contribution in [3.05, 3.63) is 144 Å². The summed E-state index contributed by atoms with van der Waals surface area (Å²) < 4.78 is 54.2. The highest BCUT2D eigenvalue weighted by atomic mass is 31.2. The summed E-state index contributed by atoms with van der Waals surface area (Å²) in [6, 6.07) is 36.6. The van der Waals surface area contributed by atoms with Gasteiger partial charge in [0.05, 0.1) is 26.4 Å². The lowest BCUT2D eigenvalue weighted by Crippen LogP contribution is -2.33. The quantitative estimate of drug-likeness (QED) is 0.0873. The maximum atomic E-state index is 15.0. The van der Waals surface area contributed by atoms with Crippen molar-refractivity contribution >= 4 is 15.2 Å². The maximum absolute atomic E-state index is 15.0. The van der Waals surface area contributed by atoms with Crippen LogP contribution in [0.5, 0.6) is 0 Å². The summed E-state index contributed by atoms with van der Waals surface area (Å²) in [5.41, 5.74) is 2.86. The van der Waals surface area contributed by atoms with Crippen LogP contribution in [0.4, 0.5) is 0 Å². The van der Waals surface area contributed by atoms with Crippen molar-refractivity contribution in [2.24, 2.45) is 0 Å². The summed E-state index contributed by atoms with van der Waals surface area (Å²) >= 11 is 0. The van der Waals surface area contributed by atoms with Crippen molar-refractivity contribution in [3.63, 3.8) is 0 Å². The summed E-state index contributed by atoms with van der Waals surface area (Å²) in [6.07, 6.45) is 1.73. The van der Waals surface area contributed by atoms with E-state index < -0.39 is 20.3 Å². The van der Waals surface area contributed by atoms with Gasteiger partial charge in [-0.25, -0.2) is 0 Å². The Labute approximate surface area is 254 Å². The maximum Gasteiger partial charge on any atom is 0.375 e. The van der Waals surface area contributed by atoms with Gasteiger partial charge in [-0.05, 0) is 35.1 Å². The molecule has 0 unspecified atom stereocenters. The van der Waals surface area contributed by atoms with Crippen molar-refractivity contribution in [2.45, 2.75) is 64.1 Å². The fourth-order valence-electron chi connectivity index (χ4n) is 4.46. The molecule has 0 aliphatic carbocycles. The summed E-state index contributed by atoms with van der Waals surface area (Å²) in [5.74, 6) is 0. The molecule has 0 aliphatic rings. The largest absolute Gasteiger partial charge is 0.375 e. The topological polar surface area (TPSA) is 91.3 Å². The van der Waals surface area contributed by atoms with Gasteiger partial charge in [0, 0.05) is 0 Å². The van der Waals surface area contributed by atoms with Crippen LogP contribution in [0.2, 0.25) is 0 Å². The van der Waals surface area contributed by atoms with Gasteiger partial charge in [-0.15, -0.1) is 0 Å². The Hall–Kier alpha value is -2.86. The fraction of sp³-hybridized carbons (Fsp3) is 0.294. The van der Waals surface area contributed by atoms with E-state index in [1.165, 1.54) is 0 Å². The zero-order chi connectivity index (χ0) is 30.4. The highest BCUT2D eigenvalue weighted by molar-refractivity contribution is 7.73. The van der Waals surface area contributed by atoms with Gasteiger partial charge in [-0.3, -0.25) is 9.13 Å². The molecule has 0 aliphatic heterocycles. The molecule has 0 amide bonds. The fourth-order valence-corrected chi connectivity index (χ4v) is 9.47. The molecule has 0 heterocycles. The van der Waals surface area contributed by atoms with Crippen LogP contribution in [0, 0.1) is 0 Å². The van der Waals surface area contributed by atoms with E-state index in [1.54, 1.807) is 0 Å². The Kier molecular flexibility index (Phi) is 12.5. The molecule has 9 heteroatoms. The Morgan fingerprint density at radius 3 is 1.05 bits per heavy atom. The first-order valence-corrected chi connectivity index (χ1v) is 17.6. The van der Waals surface area contributed by atoms with E-state index in [4.69, 9.17) is 18.1 Å². The van der Waals surface area contributed by atoms with Gasteiger partial charge in [0.2, 0.25) is 0 Å². The van der Waals surface area contributed by atoms with Crippen molar-refractivity contribution in [3.8, 4) is 0 Å². The highest BCUT2D eigenvalue weighted by Gasteiger charge is 2.64. The SMILES string of the molecule is CCCCCC(O)(P(=O)(OCc1ccccc1)OCc1ccccc1)P(=O)(OCc1ccccc1)OCc1ccccc1. The van der Waals surface area contributed by atoms with Crippen molar-refractivity contribution < 1.29 is 32.3 Å². The predicted octanol–water partition coefficient (Wildman–Crippen LogP) is 9.47. The number of rotatable bonds is 18. The summed E-state index contributed by atoms with van der Waals surface area (Å²) in [7, 11) is -9.27. The lowest BCUT2D eigenvalue weighted by Gasteiger charge is -2.39. The first kappa shape index (κ1) is 33.0. The molecule has 7 nitrogen and oxygen atoms in total. The highest BCUT2D eigenvalue weighted by Crippen LogP contribution is 2.79. The van der Waals surface area contributed by atoms with Crippen LogP contribution in [0.25, 0.3) is 0 Å². The lowest BCUT2D eigenvalue weighted by atomic mass is 10.2. The predicted molar refractivity (Wildman–Crippen MR) is 169 cm³/mol. The first-order chi connectivity index (χ1) is 20.9. The number of aliphatic hydroxyl groups is 1. The van der Waals surface area contributed by atoms with E-state index in [9.17, 15) is 5.11 Å². The summed E-state index contributed by atoms with van der Waals surface area (Å²) in [6.45, 7) is 1.45. The average Bonchev–Trinajstić information content (AvgIpc) is 3.06. The van der Waals surface area contributed by atoms with Crippen LogP contribution in [0.15, 0.2) is 121 Å². The van der Waals surface area contributed by atoms with Gasteiger partial charge >= 0.3 is 15.2 Å². The van der Waals surface area contributed by atoms with Crippen LogP contribution < -0.4 is 0 Å². The van der Waals surface area contributed by atoms with E-state index in [2.05, 4.69) is 0 Å². The zero-order valence-corrected chi connectivity index (χ0v) is 26.3. The molecular weight excluding hydrogens is 582 g/mol. The van der Waals surface area contributed by atoms with Crippen molar-refractivity contribution in [2.75, 3.05) is 0 Å². The standard InChI is InChI=1S/C34H40O7P2/c1-2-3-16-25-34(35,42(36,38-26-30-17-8-4-9-18-30)39-27-31-19-10-5-11-20-31)43(37,40-28-32-21-12-6-13-22-32)41-29-33-23-14-7-15-24-33/h4-15,17-24,35H,2-3,16,25-29H2,1H3. The Morgan fingerprint density at radius 2 is 0.791 bits per heavy atom. The third kappa shape index (κ3) is 9.07. The number of unbranched alkanes of at least 4 members (excludes halogenated alkanes) is 2. The molecule has 0 fully saturated rings. The number of hydrogen-bond acceptors (Lipinski definition) is 7. The summed E-state index contributed by atoms with van der Waals surface area (Å²) in [4.78, 5) is 0. The molecule has 0 atom stereocenters. The Bertz CT molecular complexity index is 1250. The van der Waals surface area contributed by atoms with Crippen LogP contribution in [-0.2, 0) is 53.7 Å². The van der Waals surface area contributed by atoms with Crippen LogP contribution in [0.3, 0.4) is 0 Å². The van der Waals surface area contributed by atoms with Crippen molar-refractivity contribution in [1.29, 1.82) is 0 Å². The van der Waals surface area contributed by atoms with Crippen LogP contribution in [0.1, 0.15) is 54.9 Å². The van der Waals surface area contributed by atoms with Crippen LogP contribution in [-0.4, -0.2) is 10.2 Å². The molecule has 1 N–H and O–H groups in total. The Balaban J connectivity index is 1.75. The molecular formula is C34H40O7P2. The minimum absolute atomic E-state index is 0.139. The van der Waals surface area contributed by atoms with Gasteiger partial charge in [0.1, 0.15) is 0 Å².